The monoisotopic (exact) mass is 454 g/mol. The first kappa shape index (κ1) is 20.7. The number of anilines is 2. The molecule has 9 heteroatoms. The lowest BCUT2D eigenvalue weighted by Gasteiger charge is -2.21. The first-order valence-electron chi connectivity index (χ1n) is 11.7. The van der Waals surface area contributed by atoms with Crippen molar-refractivity contribution in [3.8, 4) is 6.07 Å². The predicted octanol–water partition coefficient (Wildman–Crippen LogP) is 2.24. The van der Waals surface area contributed by atoms with Crippen molar-refractivity contribution in [3.63, 3.8) is 0 Å². The summed E-state index contributed by atoms with van der Waals surface area (Å²) in [6.45, 7) is 4.38. The van der Waals surface area contributed by atoms with Gasteiger partial charge in [-0.15, -0.1) is 0 Å². The van der Waals surface area contributed by atoms with Crippen LogP contribution in [0.1, 0.15) is 45.2 Å². The Balaban J connectivity index is 1.10. The third-order valence-corrected chi connectivity index (χ3v) is 7.56. The molecule has 6 rings (SSSR count). The number of nitriles is 1. The van der Waals surface area contributed by atoms with E-state index in [1.165, 1.54) is 0 Å². The molecule has 4 atom stereocenters. The Morgan fingerprint density at radius 3 is 2.88 bits per heavy atom. The molecule has 3 aliphatic rings. The van der Waals surface area contributed by atoms with Gasteiger partial charge in [0.15, 0.2) is 0 Å². The third-order valence-electron chi connectivity index (χ3n) is 7.56. The van der Waals surface area contributed by atoms with Gasteiger partial charge in [0.05, 0.1) is 36.3 Å². The van der Waals surface area contributed by atoms with Crippen molar-refractivity contribution < 1.29 is 4.79 Å². The predicted molar refractivity (Wildman–Crippen MR) is 126 cm³/mol. The fourth-order valence-corrected chi connectivity index (χ4v) is 5.53. The smallest absolute Gasteiger partial charge is 0.254 e. The normalized spacial score (nSPS) is 24.4. The van der Waals surface area contributed by atoms with Crippen LogP contribution in [0.4, 0.5) is 11.6 Å². The largest absolute Gasteiger partial charge is 0.383 e. The highest BCUT2D eigenvalue weighted by atomic mass is 16.1. The number of nitrogens with one attached hydrogen (secondary N) is 1. The maximum atomic E-state index is 12.8. The summed E-state index contributed by atoms with van der Waals surface area (Å²) in [4.78, 5) is 24.1. The molecular formula is C25H26N8O. The minimum absolute atomic E-state index is 0.0600. The Kier molecular flexibility index (Phi) is 4.76. The molecule has 1 aliphatic heterocycles. The van der Waals surface area contributed by atoms with Crippen molar-refractivity contribution >= 4 is 17.5 Å². The van der Waals surface area contributed by atoms with Crippen molar-refractivity contribution in [2.75, 3.05) is 23.7 Å². The third kappa shape index (κ3) is 3.46. The summed E-state index contributed by atoms with van der Waals surface area (Å²) in [5, 5.41) is 16.6. The van der Waals surface area contributed by atoms with E-state index < -0.39 is 0 Å². The quantitative estimate of drug-likeness (QED) is 0.605. The fourth-order valence-electron chi connectivity index (χ4n) is 5.53. The Bertz CT molecular complexity index is 1310. The zero-order valence-corrected chi connectivity index (χ0v) is 19.0. The number of aryl methyl sites for hydroxylation is 1. The van der Waals surface area contributed by atoms with Gasteiger partial charge in [-0.25, -0.2) is 9.97 Å². The van der Waals surface area contributed by atoms with Gasteiger partial charge in [-0.1, -0.05) is 6.07 Å². The van der Waals surface area contributed by atoms with E-state index in [2.05, 4.69) is 32.4 Å². The Morgan fingerprint density at radius 2 is 2.12 bits per heavy atom. The van der Waals surface area contributed by atoms with Crippen LogP contribution in [0.25, 0.3) is 0 Å². The van der Waals surface area contributed by atoms with Crippen LogP contribution >= 0.6 is 0 Å². The summed E-state index contributed by atoms with van der Waals surface area (Å²) in [5.41, 5.74) is 10.6. The van der Waals surface area contributed by atoms with Crippen molar-refractivity contribution in [3.05, 3.63) is 64.7 Å². The zero-order valence-electron chi connectivity index (χ0n) is 19.0. The van der Waals surface area contributed by atoms with Crippen molar-refractivity contribution in [1.29, 1.82) is 5.26 Å². The minimum Gasteiger partial charge on any atom is -0.383 e. The molecule has 1 unspecified atom stereocenters. The lowest BCUT2D eigenvalue weighted by atomic mass is 10.1. The Labute approximate surface area is 197 Å². The van der Waals surface area contributed by atoms with Gasteiger partial charge in [0.1, 0.15) is 11.6 Å². The molecule has 0 bridgehead atoms. The van der Waals surface area contributed by atoms with Gasteiger partial charge < -0.3 is 16.0 Å². The lowest BCUT2D eigenvalue weighted by Crippen LogP contribution is -2.26. The maximum absolute atomic E-state index is 12.8. The van der Waals surface area contributed by atoms with Gasteiger partial charge in [0.2, 0.25) is 0 Å². The molecule has 3 aromatic rings. The molecule has 34 heavy (non-hydrogen) atoms. The maximum Gasteiger partial charge on any atom is 0.254 e. The summed E-state index contributed by atoms with van der Waals surface area (Å²) < 4.78 is 1.77. The van der Waals surface area contributed by atoms with Gasteiger partial charge in [0, 0.05) is 31.2 Å². The number of piperidine rings is 1. The van der Waals surface area contributed by atoms with Crippen molar-refractivity contribution in [1.82, 2.24) is 25.1 Å². The van der Waals surface area contributed by atoms with E-state index in [1.54, 1.807) is 23.3 Å². The van der Waals surface area contributed by atoms with Crippen LogP contribution in [0, 0.1) is 36.0 Å². The number of hydrogen-bond donors (Lipinski definition) is 2. The minimum atomic E-state index is -0.145. The lowest BCUT2D eigenvalue weighted by molar-refractivity contribution is 0.0936. The highest BCUT2D eigenvalue weighted by Crippen LogP contribution is 2.51. The van der Waals surface area contributed by atoms with Gasteiger partial charge in [-0.3, -0.25) is 9.48 Å². The number of aromatic nitrogens is 4. The van der Waals surface area contributed by atoms with Gasteiger partial charge in [0.25, 0.3) is 5.91 Å². The first-order valence-corrected chi connectivity index (χ1v) is 11.7. The average Bonchev–Trinajstić information content (AvgIpc) is 3.27. The second kappa shape index (κ2) is 7.83. The second-order valence-electron chi connectivity index (χ2n) is 9.56. The number of hydrogen-bond acceptors (Lipinski definition) is 7. The molecule has 3 N–H and O–H groups in total. The standard InChI is InChI=1S/C25H26N8O/c1-14-15(2-5-23(30-14)32-12-20-19(8-26)21(20)13-32)10-33-11-16(9-29-33)25(34)31-22-4-3-18-17(22)6-7-28-24(18)27/h2,5-7,9,11,19-22H,3-4,10,12-13H2,1H3,(H2,27,28)(H,31,34)/t19?,20-,21+,22-/m1/s1. The number of rotatable bonds is 5. The summed E-state index contributed by atoms with van der Waals surface area (Å²) in [6, 6.07) is 8.40. The van der Waals surface area contributed by atoms with Crippen LogP contribution in [-0.4, -0.2) is 38.7 Å². The number of carbonyl (C=O) groups is 1. The number of nitrogens with zero attached hydrogens (tertiary/aromatic N) is 6. The number of carbonyl (C=O) groups excluding carboxylic acids is 1. The molecule has 2 aliphatic carbocycles. The summed E-state index contributed by atoms with van der Waals surface area (Å²) >= 11 is 0. The van der Waals surface area contributed by atoms with E-state index in [1.807, 2.05) is 19.1 Å². The molecule has 2 fully saturated rings. The van der Waals surface area contributed by atoms with Crippen LogP contribution in [0.15, 0.2) is 36.8 Å². The molecule has 3 aromatic heterocycles. The topological polar surface area (TPSA) is 126 Å². The summed E-state index contributed by atoms with van der Waals surface area (Å²) in [6.07, 6.45) is 6.70. The number of amides is 1. The molecule has 0 aromatic carbocycles. The SMILES string of the molecule is Cc1nc(N2C[C@@H]3C(C#N)[C@@H]3C2)ccc1Cn1cc(C(=O)N[C@@H]2CCc3c2ccnc3N)cn1. The molecular weight excluding hydrogens is 428 g/mol. The van der Waals surface area contributed by atoms with E-state index in [9.17, 15) is 4.79 Å². The second-order valence-corrected chi connectivity index (χ2v) is 9.56. The van der Waals surface area contributed by atoms with Crippen LogP contribution in [0.3, 0.4) is 0 Å². The Morgan fingerprint density at radius 1 is 1.29 bits per heavy atom. The first-order chi connectivity index (χ1) is 16.5. The molecule has 1 saturated heterocycles. The summed E-state index contributed by atoms with van der Waals surface area (Å²) in [7, 11) is 0. The zero-order chi connectivity index (χ0) is 23.4. The van der Waals surface area contributed by atoms with Gasteiger partial charge in [-0.2, -0.15) is 10.4 Å². The van der Waals surface area contributed by atoms with Crippen LogP contribution in [0.5, 0.6) is 0 Å². The molecule has 9 nitrogen and oxygen atoms in total. The molecule has 4 heterocycles. The number of nitrogen functional groups attached to an aromatic ring is 1. The molecule has 172 valence electrons. The van der Waals surface area contributed by atoms with E-state index in [0.717, 1.165) is 54.1 Å². The van der Waals surface area contributed by atoms with E-state index in [0.29, 0.717) is 29.8 Å². The van der Waals surface area contributed by atoms with E-state index in [-0.39, 0.29) is 17.9 Å². The van der Waals surface area contributed by atoms with Crippen LogP contribution in [0.2, 0.25) is 0 Å². The summed E-state index contributed by atoms with van der Waals surface area (Å²) in [5.74, 6) is 2.62. The number of nitrogens with two attached hydrogens (primary N) is 1. The molecule has 1 saturated carbocycles. The number of fused-ring (bicyclic) bond motifs is 2. The average molecular weight is 455 g/mol. The van der Waals surface area contributed by atoms with Gasteiger partial charge in [-0.05, 0) is 60.4 Å². The molecule has 0 spiro atoms. The van der Waals surface area contributed by atoms with Crippen molar-refractivity contribution in [2.24, 2.45) is 17.8 Å². The van der Waals surface area contributed by atoms with E-state index in [4.69, 9.17) is 16.0 Å². The molecule has 1 amide bonds. The highest BCUT2D eigenvalue weighted by Gasteiger charge is 2.56. The molecule has 0 radical (unpaired) electrons. The fraction of sp³-hybridized carbons (Fsp3) is 0.400. The number of pyridine rings is 2. The Hall–Kier alpha value is -3.93. The van der Waals surface area contributed by atoms with Crippen molar-refractivity contribution in [2.45, 2.75) is 32.4 Å². The van der Waals surface area contributed by atoms with E-state index >= 15 is 0 Å². The highest BCUT2D eigenvalue weighted by molar-refractivity contribution is 5.94. The van der Waals surface area contributed by atoms with Crippen LogP contribution < -0.4 is 16.0 Å². The van der Waals surface area contributed by atoms with Gasteiger partial charge >= 0.3 is 0 Å². The van der Waals surface area contributed by atoms with Crippen LogP contribution in [-0.2, 0) is 13.0 Å².